The van der Waals surface area contributed by atoms with Crippen molar-refractivity contribution in [3.05, 3.63) is 78.2 Å². The normalized spacial score (nSPS) is 18.9. The summed E-state index contributed by atoms with van der Waals surface area (Å²) in [5.74, 6) is -0.354. The number of anilines is 1. The number of nitrogens with zero attached hydrogens (tertiary/aromatic N) is 3. The van der Waals surface area contributed by atoms with Gasteiger partial charge < -0.3 is 10.0 Å². The second-order valence-corrected chi connectivity index (χ2v) is 10.5. The van der Waals surface area contributed by atoms with Gasteiger partial charge in [0.05, 0.1) is 5.69 Å². The minimum atomic E-state index is -3.83. The summed E-state index contributed by atoms with van der Waals surface area (Å²) in [6.45, 7) is 5.70. The van der Waals surface area contributed by atoms with Gasteiger partial charge in [-0.05, 0) is 67.9 Å². The number of pyridine rings is 1. The van der Waals surface area contributed by atoms with Gasteiger partial charge in [0.1, 0.15) is 10.7 Å². The molecule has 1 saturated heterocycles. The topological polar surface area (TPSA) is 103 Å². The zero-order valence-electron chi connectivity index (χ0n) is 19.4. The molecule has 4 rings (SSSR count). The van der Waals surface area contributed by atoms with Gasteiger partial charge in [-0.2, -0.15) is 0 Å². The predicted octanol–water partition coefficient (Wildman–Crippen LogP) is 4.26. The molecule has 0 spiro atoms. The fourth-order valence-electron chi connectivity index (χ4n) is 4.42. The third kappa shape index (κ3) is 5.77. The van der Waals surface area contributed by atoms with Crippen molar-refractivity contribution in [1.29, 1.82) is 0 Å². The lowest BCUT2D eigenvalue weighted by molar-refractivity contribution is 0.0381. The number of benzene rings is 2. The molecule has 0 radical (unpaired) electrons. The first kappa shape index (κ1) is 24.6. The number of hydrogen-bond donors (Lipinski definition) is 2. The molecule has 2 atom stereocenters. The van der Waals surface area contributed by atoms with Crippen molar-refractivity contribution in [1.82, 2.24) is 14.8 Å². The van der Waals surface area contributed by atoms with E-state index in [0.717, 1.165) is 5.56 Å². The van der Waals surface area contributed by atoms with Gasteiger partial charge in [-0.15, -0.1) is 0 Å². The van der Waals surface area contributed by atoms with Gasteiger partial charge in [0, 0.05) is 49.2 Å². The van der Waals surface area contributed by atoms with E-state index in [1.807, 2.05) is 26.0 Å². The molecule has 0 aliphatic carbocycles. The second-order valence-electron chi connectivity index (χ2n) is 8.77. The summed E-state index contributed by atoms with van der Waals surface area (Å²) in [5.41, 5.74) is 2.66. The van der Waals surface area contributed by atoms with Crippen molar-refractivity contribution in [3.63, 3.8) is 0 Å². The Morgan fingerprint density at radius 1 is 1.03 bits per heavy atom. The van der Waals surface area contributed by atoms with Crippen LogP contribution in [0.1, 0.15) is 19.4 Å². The molecule has 1 aliphatic heterocycles. The van der Waals surface area contributed by atoms with E-state index in [4.69, 9.17) is 0 Å². The monoisotopic (exact) mass is 498 g/mol. The van der Waals surface area contributed by atoms with Crippen LogP contribution in [-0.2, 0) is 16.6 Å². The first-order chi connectivity index (χ1) is 16.6. The predicted molar refractivity (Wildman–Crippen MR) is 131 cm³/mol. The molecule has 2 heterocycles. The van der Waals surface area contributed by atoms with Crippen LogP contribution in [-0.4, -0.2) is 59.6 Å². The van der Waals surface area contributed by atoms with E-state index in [2.05, 4.69) is 14.6 Å². The Labute approximate surface area is 204 Å². The zero-order valence-corrected chi connectivity index (χ0v) is 20.2. The summed E-state index contributed by atoms with van der Waals surface area (Å²) in [6.07, 6.45) is 0.371. The number of halogens is 1. The lowest BCUT2D eigenvalue weighted by Crippen LogP contribution is -2.57. The van der Waals surface area contributed by atoms with Crippen LogP contribution in [0.25, 0.3) is 11.3 Å². The number of carboxylic acid groups (broad SMARTS) is 1. The molecule has 2 aromatic carbocycles. The van der Waals surface area contributed by atoms with Crippen LogP contribution in [0, 0.1) is 5.82 Å². The average Bonchev–Trinajstić information content (AvgIpc) is 2.80. The summed E-state index contributed by atoms with van der Waals surface area (Å²) in [5, 5.41) is 9.37. The number of amides is 1. The summed E-state index contributed by atoms with van der Waals surface area (Å²) in [4.78, 5) is 19.3. The smallest absolute Gasteiger partial charge is 0.407 e. The number of aromatic nitrogens is 1. The zero-order chi connectivity index (χ0) is 25.2. The van der Waals surface area contributed by atoms with E-state index in [-0.39, 0.29) is 22.8 Å². The first-order valence-electron chi connectivity index (χ1n) is 11.2. The summed E-state index contributed by atoms with van der Waals surface area (Å²) in [6, 6.07) is 15.8. The second kappa shape index (κ2) is 10.0. The van der Waals surface area contributed by atoms with Crippen LogP contribution in [0.2, 0.25) is 0 Å². The minimum Gasteiger partial charge on any atom is -0.465 e. The van der Waals surface area contributed by atoms with Crippen molar-refractivity contribution in [2.24, 2.45) is 0 Å². The van der Waals surface area contributed by atoms with Gasteiger partial charge >= 0.3 is 6.09 Å². The van der Waals surface area contributed by atoms with Crippen LogP contribution in [0.4, 0.5) is 14.9 Å². The van der Waals surface area contributed by atoms with E-state index >= 15 is 0 Å². The largest absolute Gasteiger partial charge is 0.465 e. The Kier molecular flexibility index (Phi) is 7.04. The van der Waals surface area contributed by atoms with Gasteiger partial charge in [0.2, 0.25) is 0 Å². The molecule has 0 bridgehead atoms. The van der Waals surface area contributed by atoms with Gasteiger partial charge in [-0.25, -0.2) is 17.6 Å². The van der Waals surface area contributed by atoms with E-state index in [1.165, 1.54) is 29.3 Å². The molecule has 10 heteroatoms. The molecule has 0 unspecified atom stereocenters. The molecule has 1 aliphatic rings. The molecular weight excluding hydrogens is 471 g/mol. The Morgan fingerprint density at radius 2 is 1.66 bits per heavy atom. The Hall–Kier alpha value is -3.50. The summed E-state index contributed by atoms with van der Waals surface area (Å²) >= 11 is 0. The highest BCUT2D eigenvalue weighted by molar-refractivity contribution is 7.92. The molecule has 35 heavy (non-hydrogen) atoms. The van der Waals surface area contributed by atoms with E-state index in [9.17, 15) is 22.7 Å². The first-order valence-corrected chi connectivity index (χ1v) is 12.7. The summed E-state index contributed by atoms with van der Waals surface area (Å²) in [7, 11) is -3.83. The highest BCUT2D eigenvalue weighted by Gasteiger charge is 2.32. The van der Waals surface area contributed by atoms with Crippen molar-refractivity contribution >= 4 is 21.8 Å². The van der Waals surface area contributed by atoms with Crippen LogP contribution >= 0.6 is 0 Å². The quantitative estimate of drug-likeness (QED) is 0.527. The Bertz CT molecular complexity index is 1270. The highest BCUT2D eigenvalue weighted by atomic mass is 32.2. The van der Waals surface area contributed by atoms with Crippen molar-refractivity contribution < 1.29 is 22.7 Å². The number of rotatable bonds is 6. The van der Waals surface area contributed by atoms with Crippen molar-refractivity contribution in [2.45, 2.75) is 37.4 Å². The van der Waals surface area contributed by atoms with Crippen LogP contribution < -0.4 is 4.72 Å². The van der Waals surface area contributed by atoms with Gasteiger partial charge in [-0.1, -0.05) is 12.1 Å². The molecule has 1 fully saturated rings. The molecule has 1 aromatic heterocycles. The molecule has 0 saturated carbocycles. The van der Waals surface area contributed by atoms with Gasteiger partial charge in [0.25, 0.3) is 10.0 Å². The fourth-order valence-corrected chi connectivity index (χ4v) is 5.42. The molecule has 2 N–H and O–H groups in total. The molecule has 8 nitrogen and oxygen atoms in total. The van der Waals surface area contributed by atoms with E-state index in [0.29, 0.717) is 36.6 Å². The maximum Gasteiger partial charge on any atom is 0.407 e. The number of sulfonamides is 1. The Morgan fingerprint density at radius 3 is 2.20 bits per heavy atom. The number of hydrogen-bond acceptors (Lipinski definition) is 5. The van der Waals surface area contributed by atoms with Gasteiger partial charge in [-0.3, -0.25) is 14.6 Å². The Balaban J connectivity index is 1.39. The third-order valence-corrected chi connectivity index (χ3v) is 7.38. The van der Waals surface area contributed by atoms with Crippen molar-refractivity contribution in [3.8, 4) is 11.3 Å². The fraction of sp³-hybridized carbons (Fsp3) is 0.280. The van der Waals surface area contributed by atoms with Crippen LogP contribution in [0.3, 0.4) is 0 Å². The molecule has 184 valence electrons. The maximum absolute atomic E-state index is 13.1. The van der Waals surface area contributed by atoms with Gasteiger partial charge in [0.15, 0.2) is 0 Å². The lowest BCUT2D eigenvalue weighted by Gasteiger charge is -2.42. The lowest BCUT2D eigenvalue weighted by atomic mass is 10.1. The third-order valence-electron chi connectivity index (χ3n) is 6.01. The summed E-state index contributed by atoms with van der Waals surface area (Å²) < 4.78 is 41.3. The SMILES string of the molecule is C[C@@H]1CN(Cc2ccc(NS(=O)(=O)c3ccc(-c4ccc(F)cc4)nc3)cc2)C[C@H](C)N1C(=O)O. The van der Waals surface area contributed by atoms with Crippen LogP contribution in [0.15, 0.2) is 71.8 Å². The molecule has 1 amide bonds. The average molecular weight is 499 g/mol. The minimum absolute atomic E-state index is 0.0201. The van der Waals surface area contributed by atoms with Crippen LogP contribution in [0.5, 0.6) is 0 Å². The van der Waals surface area contributed by atoms with E-state index in [1.54, 1.807) is 30.3 Å². The van der Waals surface area contributed by atoms with E-state index < -0.39 is 16.1 Å². The van der Waals surface area contributed by atoms with Crippen molar-refractivity contribution in [2.75, 3.05) is 17.8 Å². The maximum atomic E-state index is 13.1. The molecule has 3 aromatic rings. The standard InChI is InChI=1S/C25H27FN4O4S/c1-17-14-29(15-18(2)30(17)25(31)32)16-19-3-9-22(10-4-19)28-35(33,34)23-11-12-24(27-13-23)20-5-7-21(26)8-6-20/h3-13,17-18,28H,14-16H2,1-2H3,(H,31,32)/t17-,18+. The molecular formula is C25H27FN4O4S. The number of piperazine rings is 1. The highest BCUT2D eigenvalue weighted by Crippen LogP contribution is 2.22. The number of nitrogens with one attached hydrogen (secondary N) is 1. The number of carbonyl (C=O) groups is 1.